The molecule has 0 spiro atoms. The van der Waals surface area contributed by atoms with Gasteiger partial charge in [-0.3, -0.25) is 10.4 Å². The van der Waals surface area contributed by atoms with Crippen LogP contribution < -0.4 is 4.83 Å². The lowest BCUT2D eigenvalue weighted by atomic mass is 10.1. The minimum atomic E-state index is -3.68. The summed E-state index contributed by atoms with van der Waals surface area (Å²) in [5.41, 5.74) is 2.69. The Kier molecular flexibility index (Phi) is 4.69. The van der Waals surface area contributed by atoms with Gasteiger partial charge in [0.25, 0.3) is 10.0 Å². The van der Waals surface area contributed by atoms with Crippen molar-refractivity contribution < 1.29 is 8.42 Å². The fraction of sp³-hybridized carbons (Fsp3) is 0.133. The summed E-state index contributed by atoms with van der Waals surface area (Å²) >= 11 is 0. The van der Waals surface area contributed by atoms with Gasteiger partial charge in [-0.2, -0.15) is 0 Å². The summed E-state index contributed by atoms with van der Waals surface area (Å²) in [5, 5.41) is 9.41. The molecule has 0 bridgehead atoms. The highest BCUT2D eigenvalue weighted by Crippen LogP contribution is 2.22. The number of nitrogens with zero attached hydrogens (tertiary/aromatic N) is 1. The third-order valence-electron chi connectivity index (χ3n) is 3.43. The quantitative estimate of drug-likeness (QED) is 0.857. The van der Waals surface area contributed by atoms with Gasteiger partial charge in [-0.25, -0.2) is 8.42 Å². The third kappa shape index (κ3) is 3.06. The Bertz CT molecular complexity index is 804. The van der Waals surface area contributed by atoms with E-state index in [1.165, 1.54) is 5.01 Å². The van der Waals surface area contributed by atoms with Gasteiger partial charge < -0.3 is 0 Å². The maximum Gasteiger partial charge on any atom is 0.257 e. The highest BCUT2D eigenvalue weighted by Gasteiger charge is 2.27. The molecule has 0 fully saturated rings. The van der Waals surface area contributed by atoms with E-state index >= 15 is 0 Å². The number of aryl methyl sites for hydroxylation is 1. The highest BCUT2D eigenvalue weighted by atomic mass is 79.9. The SMILES string of the molecule is Br.Cc1ccc(S(=O)(=O)NN2Cc3ccccc3C2=N)cc1. The normalized spacial score (nSPS) is 13.7. The monoisotopic (exact) mass is 381 g/mol. The van der Waals surface area contributed by atoms with E-state index in [0.717, 1.165) is 16.7 Å². The number of rotatable bonds is 3. The number of hydrazine groups is 1. The molecular formula is C15H16BrN3O2S. The van der Waals surface area contributed by atoms with E-state index in [4.69, 9.17) is 5.41 Å². The number of benzene rings is 2. The van der Waals surface area contributed by atoms with E-state index in [2.05, 4.69) is 4.83 Å². The maximum atomic E-state index is 12.3. The lowest BCUT2D eigenvalue weighted by Gasteiger charge is -2.19. The van der Waals surface area contributed by atoms with Crippen LogP contribution in [0.25, 0.3) is 0 Å². The van der Waals surface area contributed by atoms with Crippen molar-refractivity contribution in [2.24, 2.45) is 0 Å². The van der Waals surface area contributed by atoms with E-state index < -0.39 is 10.0 Å². The van der Waals surface area contributed by atoms with Crippen molar-refractivity contribution in [3.63, 3.8) is 0 Å². The first-order chi connectivity index (χ1) is 9.97. The van der Waals surface area contributed by atoms with Crippen molar-refractivity contribution in [2.75, 3.05) is 0 Å². The fourth-order valence-corrected chi connectivity index (χ4v) is 3.32. The number of amidine groups is 1. The lowest BCUT2D eigenvalue weighted by Crippen LogP contribution is -2.42. The number of nitrogens with one attached hydrogen (secondary N) is 2. The first-order valence-electron chi connectivity index (χ1n) is 6.51. The molecule has 116 valence electrons. The van der Waals surface area contributed by atoms with Crippen LogP contribution in [0.1, 0.15) is 16.7 Å². The number of fused-ring (bicyclic) bond motifs is 1. The number of halogens is 1. The molecule has 0 saturated carbocycles. The van der Waals surface area contributed by atoms with Crippen molar-refractivity contribution in [1.29, 1.82) is 5.41 Å². The van der Waals surface area contributed by atoms with Crippen LogP contribution in [-0.4, -0.2) is 19.3 Å². The molecular weight excluding hydrogens is 366 g/mol. The Morgan fingerprint density at radius 1 is 1.09 bits per heavy atom. The Hall–Kier alpha value is -1.70. The van der Waals surface area contributed by atoms with Gasteiger partial charge in [-0.1, -0.05) is 42.0 Å². The summed E-state index contributed by atoms with van der Waals surface area (Å²) in [6.45, 7) is 2.26. The van der Waals surface area contributed by atoms with Crippen LogP contribution in [0.3, 0.4) is 0 Å². The van der Waals surface area contributed by atoms with Crippen LogP contribution in [0.15, 0.2) is 53.4 Å². The molecule has 0 unspecified atom stereocenters. The molecule has 0 aliphatic carbocycles. The van der Waals surface area contributed by atoms with Crippen LogP contribution in [0, 0.1) is 12.3 Å². The topological polar surface area (TPSA) is 73.3 Å². The largest absolute Gasteiger partial charge is 0.283 e. The molecule has 0 atom stereocenters. The van der Waals surface area contributed by atoms with Gasteiger partial charge in [0, 0.05) is 5.56 Å². The Balaban J connectivity index is 0.00000176. The van der Waals surface area contributed by atoms with Gasteiger partial charge in [-0.15, -0.1) is 21.8 Å². The van der Waals surface area contributed by atoms with Crippen molar-refractivity contribution in [1.82, 2.24) is 9.84 Å². The summed E-state index contributed by atoms with van der Waals surface area (Å²) in [4.78, 5) is 2.66. The summed E-state index contributed by atoms with van der Waals surface area (Å²) in [6, 6.07) is 14.0. The Labute approximate surface area is 140 Å². The first kappa shape index (κ1) is 16.7. The lowest BCUT2D eigenvalue weighted by molar-refractivity contribution is 0.383. The van der Waals surface area contributed by atoms with Crippen LogP contribution in [0.4, 0.5) is 0 Å². The average Bonchev–Trinajstić information content (AvgIpc) is 2.76. The summed E-state index contributed by atoms with van der Waals surface area (Å²) in [5.74, 6) is 0.168. The molecule has 1 heterocycles. The zero-order valence-electron chi connectivity index (χ0n) is 11.9. The molecule has 22 heavy (non-hydrogen) atoms. The predicted molar refractivity (Wildman–Crippen MR) is 90.6 cm³/mol. The molecule has 3 rings (SSSR count). The molecule has 1 aliphatic rings. The summed E-state index contributed by atoms with van der Waals surface area (Å²) in [7, 11) is -3.68. The summed E-state index contributed by atoms with van der Waals surface area (Å²) < 4.78 is 24.7. The molecule has 0 amide bonds. The molecule has 0 radical (unpaired) electrons. The zero-order valence-corrected chi connectivity index (χ0v) is 14.4. The fourth-order valence-electron chi connectivity index (χ4n) is 2.28. The van der Waals surface area contributed by atoms with Gasteiger partial charge in [0.2, 0.25) is 0 Å². The summed E-state index contributed by atoms with van der Waals surface area (Å²) in [6.07, 6.45) is 0. The maximum absolute atomic E-state index is 12.3. The van der Waals surface area contributed by atoms with Crippen molar-refractivity contribution in [3.8, 4) is 0 Å². The highest BCUT2D eigenvalue weighted by molar-refractivity contribution is 8.93. The third-order valence-corrected chi connectivity index (χ3v) is 4.79. The van der Waals surface area contributed by atoms with E-state index in [9.17, 15) is 8.42 Å². The minimum Gasteiger partial charge on any atom is -0.283 e. The van der Waals surface area contributed by atoms with E-state index in [-0.39, 0.29) is 27.7 Å². The minimum absolute atomic E-state index is 0. The van der Waals surface area contributed by atoms with Crippen molar-refractivity contribution in [3.05, 3.63) is 65.2 Å². The van der Waals surface area contributed by atoms with Gasteiger partial charge in [0.15, 0.2) is 0 Å². The smallest absolute Gasteiger partial charge is 0.257 e. The van der Waals surface area contributed by atoms with E-state index in [0.29, 0.717) is 6.54 Å². The van der Waals surface area contributed by atoms with Gasteiger partial charge >= 0.3 is 0 Å². The molecule has 2 aromatic carbocycles. The van der Waals surface area contributed by atoms with Gasteiger partial charge in [0.05, 0.1) is 11.4 Å². The molecule has 0 aromatic heterocycles. The first-order valence-corrected chi connectivity index (χ1v) is 7.99. The predicted octanol–water partition coefficient (Wildman–Crippen LogP) is 2.61. The van der Waals surface area contributed by atoms with Crippen LogP contribution in [-0.2, 0) is 16.6 Å². The average molecular weight is 382 g/mol. The van der Waals surface area contributed by atoms with Crippen molar-refractivity contribution in [2.45, 2.75) is 18.4 Å². The number of hydrogen-bond acceptors (Lipinski definition) is 3. The van der Waals surface area contributed by atoms with Crippen LogP contribution in [0.2, 0.25) is 0 Å². The standard InChI is InChI=1S/C15H15N3O2S.BrH/c1-11-6-8-13(9-7-11)21(19,20)17-18-10-12-4-2-3-5-14(12)15(18)16;/h2-9,16-17H,10H2,1H3;1H. The Morgan fingerprint density at radius 2 is 1.73 bits per heavy atom. The second-order valence-electron chi connectivity index (χ2n) is 5.00. The van der Waals surface area contributed by atoms with Crippen molar-refractivity contribution >= 4 is 32.8 Å². The van der Waals surface area contributed by atoms with E-state index in [1.54, 1.807) is 24.3 Å². The van der Waals surface area contributed by atoms with Crippen LogP contribution in [0.5, 0.6) is 0 Å². The second kappa shape index (κ2) is 6.20. The van der Waals surface area contributed by atoms with E-state index in [1.807, 2.05) is 31.2 Å². The molecule has 5 nitrogen and oxygen atoms in total. The Morgan fingerprint density at radius 3 is 2.36 bits per heavy atom. The molecule has 2 aromatic rings. The van der Waals surface area contributed by atoms with Gasteiger partial charge in [-0.05, 0) is 24.6 Å². The van der Waals surface area contributed by atoms with Crippen LogP contribution >= 0.6 is 17.0 Å². The zero-order chi connectivity index (χ0) is 15.0. The molecule has 2 N–H and O–H groups in total. The number of hydrogen-bond donors (Lipinski definition) is 2. The molecule has 7 heteroatoms. The molecule has 0 saturated heterocycles. The number of sulfonamides is 1. The second-order valence-corrected chi connectivity index (χ2v) is 6.66. The van der Waals surface area contributed by atoms with Gasteiger partial charge in [0.1, 0.15) is 5.84 Å². The molecule has 1 aliphatic heterocycles.